The number of nitrogens with zero attached hydrogens (tertiary/aromatic N) is 2. The molecule has 0 aromatic heterocycles. The molecule has 128 valence electrons. The highest BCUT2D eigenvalue weighted by molar-refractivity contribution is 5.94. The second-order valence-electron chi connectivity index (χ2n) is 5.89. The number of carbonyl (C=O) groups excluding carboxylic acids is 1. The normalized spacial score (nSPS) is 17.3. The molecule has 0 bridgehead atoms. The molecular weight excluding hydrogens is 299 g/mol. The van der Waals surface area contributed by atoms with Gasteiger partial charge in [0.05, 0.1) is 18.3 Å². The first kappa shape index (κ1) is 17.8. The maximum atomic E-state index is 13.8. The van der Waals surface area contributed by atoms with Crippen LogP contribution in [0, 0.1) is 12.7 Å². The second kappa shape index (κ2) is 8.38. The van der Waals surface area contributed by atoms with Crippen molar-refractivity contribution in [3.8, 4) is 0 Å². The van der Waals surface area contributed by atoms with Crippen LogP contribution in [0.15, 0.2) is 18.2 Å². The van der Waals surface area contributed by atoms with E-state index in [0.717, 1.165) is 5.56 Å². The Balaban J connectivity index is 1.86. The van der Waals surface area contributed by atoms with Crippen molar-refractivity contribution in [1.29, 1.82) is 0 Å². The van der Waals surface area contributed by atoms with Crippen molar-refractivity contribution < 1.29 is 19.0 Å². The third kappa shape index (κ3) is 4.99. The molecule has 1 N–H and O–H groups in total. The Morgan fingerprint density at radius 1 is 1.35 bits per heavy atom. The van der Waals surface area contributed by atoms with Crippen molar-refractivity contribution >= 4 is 5.91 Å². The van der Waals surface area contributed by atoms with E-state index in [1.807, 2.05) is 13.8 Å². The molecule has 1 aromatic rings. The highest BCUT2D eigenvalue weighted by Crippen LogP contribution is 2.14. The van der Waals surface area contributed by atoms with Gasteiger partial charge in [0.15, 0.2) is 0 Å². The van der Waals surface area contributed by atoms with E-state index in [1.54, 1.807) is 17.0 Å². The molecule has 1 aliphatic heterocycles. The standard InChI is InChI=1S/C17H25FN2O3/c1-3-23-12-14(21)11-19-6-8-20(9-7-19)17(22)15-10-13(2)4-5-16(15)18/h4-5,10,14,21H,3,6-9,11-12H2,1-2H3/t14-/m1/s1. The number of amides is 1. The zero-order chi connectivity index (χ0) is 16.8. The topological polar surface area (TPSA) is 53.0 Å². The van der Waals surface area contributed by atoms with Crippen LogP contribution in [0.4, 0.5) is 4.39 Å². The Kier molecular flexibility index (Phi) is 6.50. The van der Waals surface area contributed by atoms with E-state index in [2.05, 4.69) is 4.90 Å². The summed E-state index contributed by atoms with van der Waals surface area (Å²) in [6.07, 6.45) is -0.522. The van der Waals surface area contributed by atoms with E-state index < -0.39 is 11.9 Å². The fraction of sp³-hybridized carbons (Fsp3) is 0.588. The van der Waals surface area contributed by atoms with E-state index in [1.165, 1.54) is 6.07 Å². The van der Waals surface area contributed by atoms with Crippen molar-refractivity contribution in [3.63, 3.8) is 0 Å². The maximum absolute atomic E-state index is 13.8. The molecule has 0 aliphatic carbocycles. The first-order chi connectivity index (χ1) is 11.0. The molecule has 0 unspecified atom stereocenters. The number of hydrogen-bond acceptors (Lipinski definition) is 4. The number of aliphatic hydroxyl groups excluding tert-OH is 1. The molecular formula is C17H25FN2O3. The van der Waals surface area contributed by atoms with Crippen LogP contribution in [-0.4, -0.2) is 72.9 Å². The third-order valence-corrected chi connectivity index (χ3v) is 4.00. The number of halogens is 1. The van der Waals surface area contributed by atoms with Crippen LogP contribution in [0.25, 0.3) is 0 Å². The molecule has 0 saturated carbocycles. The molecule has 23 heavy (non-hydrogen) atoms. The maximum Gasteiger partial charge on any atom is 0.256 e. The summed E-state index contributed by atoms with van der Waals surface area (Å²) in [4.78, 5) is 16.2. The average Bonchev–Trinajstić information content (AvgIpc) is 2.55. The smallest absolute Gasteiger partial charge is 0.256 e. The van der Waals surface area contributed by atoms with Crippen molar-refractivity contribution in [2.45, 2.75) is 20.0 Å². The molecule has 0 radical (unpaired) electrons. The molecule has 1 saturated heterocycles. The van der Waals surface area contributed by atoms with Gasteiger partial charge in [-0.05, 0) is 26.0 Å². The highest BCUT2D eigenvalue weighted by Gasteiger charge is 2.25. The van der Waals surface area contributed by atoms with E-state index in [-0.39, 0.29) is 11.5 Å². The summed E-state index contributed by atoms with van der Waals surface area (Å²) >= 11 is 0. The number of ether oxygens (including phenoxy) is 1. The third-order valence-electron chi connectivity index (χ3n) is 4.00. The molecule has 6 heteroatoms. The Labute approximate surface area is 136 Å². The fourth-order valence-corrected chi connectivity index (χ4v) is 2.71. The van der Waals surface area contributed by atoms with Gasteiger partial charge in [-0.3, -0.25) is 9.69 Å². The first-order valence-corrected chi connectivity index (χ1v) is 8.05. The average molecular weight is 324 g/mol. The molecule has 1 aromatic carbocycles. The van der Waals surface area contributed by atoms with Gasteiger partial charge in [-0.2, -0.15) is 0 Å². The Hall–Kier alpha value is -1.50. The Bertz CT molecular complexity index is 531. The zero-order valence-electron chi connectivity index (χ0n) is 13.8. The number of rotatable bonds is 6. The predicted molar refractivity (Wildman–Crippen MR) is 86.0 cm³/mol. The van der Waals surface area contributed by atoms with E-state index in [4.69, 9.17) is 4.74 Å². The second-order valence-corrected chi connectivity index (χ2v) is 5.89. The number of benzene rings is 1. The number of piperazine rings is 1. The van der Waals surface area contributed by atoms with Crippen molar-refractivity contribution in [1.82, 2.24) is 9.80 Å². The van der Waals surface area contributed by atoms with Gasteiger partial charge in [-0.1, -0.05) is 11.6 Å². The van der Waals surface area contributed by atoms with Crippen molar-refractivity contribution in [2.24, 2.45) is 0 Å². The lowest BCUT2D eigenvalue weighted by Crippen LogP contribution is -2.51. The monoisotopic (exact) mass is 324 g/mol. The van der Waals surface area contributed by atoms with Gasteiger partial charge in [0.2, 0.25) is 0 Å². The SMILES string of the molecule is CCOC[C@H](O)CN1CCN(C(=O)c2cc(C)ccc2F)CC1. The van der Waals surface area contributed by atoms with Crippen LogP contribution in [0.3, 0.4) is 0 Å². The lowest BCUT2D eigenvalue weighted by atomic mass is 10.1. The fourth-order valence-electron chi connectivity index (χ4n) is 2.71. The molecule has 2 rings (SSSR count). The lowest BCUT2D eigenvalue weighted by molar-refractivity contribution is 0.0111. The van der Waals surface area contributed by atoms with Gasteiger partial charge in [0.1, 0.15) is 5.82 Å². The highest BCUT2D eigenvalue weighted by atomic mass is 19.1. The molecule has 1 aliphatic rings. The summed E-state index contributed by atoms with van der Waals surface area (Å²) in [7, 11) is 0. The Morgan fingerprint density at radius 3 is 2.70 bits per heavy atom. The molecule has 1 heterocycles. The summed E-state index contributed by atoms with van der Waals surface area (Å²) < 4.78 is 19.0. The number of carbonyl (C=O) groups is 1. The van der Waals surface area contributed by atoms with Crippen molar-refractivity contribution in [2.75, 3.05) is 45.9 Å². The molecule has 5 nitrogen and oxygen atoms in total. The van der Waals surface area contributed by atoms with Crippen LogP contribution in [0.2, 0.25) is 0 Å². The van der Waals surface area contributed by atoms with Crippen LogP contribution < -0.4 is 0 Å². The summed E-state index contributed by atoms with van der Waals surface area (Å²) in [5, 5.41) is 9.86. The number of β-amino-alcohol motifs (C(OH)–C–C–N with tert-alkyl or cyclic N) is 1. The molecule has 1 amide bonds. The zero-order valence-corrected chi connectivity index (χ0v) is 13.8. The van der Waals surface area contributed by atoms with Crippen LogP contribution in [-0.2, 0) is 4.74 Å². The van der Waals surface area contributed by atoms with Gasteiger partial charge in [-0.15, -0.1) is 0 Å². The number of aliphatic hydroxyl groups is 1. The summed E-state index contributed by atoms with van der Waals surface area (Å²) in [5.41, 5.74) is 1.00. The van der Waals surface area contributed by atoms with Gasteiger partial charge >= 0.3 is 0 Å². The van der Waals surface area contributed by atoms with Gasteiger partial charge < -0.3 is 14.7 Å². The molecule has 0 spiro atoms. The van der Waals surface area contributed by atoms with Gasteiger partial charge in [0.25, 0.3) is 5.91 Å². The minimum atomic E-state index is -0.522. The van der Waals surface area contributed by atoms with Crippen LogP contribution in [0.1, 0.15) is 22.8 Å². The predicted octanol–water partition coefficient (Wildman–Crippen LogP) is 1.29. The Morgan fingerprint density at radius 2 is 2.04 bits per heavy atom. The summed E-state index contributed by atoms with van der Waals surface area (Å²) in [6, 6.07) is 4.59. The minimum absolute atomic E-state index is 0.134. The van der Waals surface area contributed by atoms with E-state index in [9.17, 15) is 14.3 Å². The van der Waals surface area contributed by atoms with E-state index >= 15 is 0 Å². The summed E-state index contributed by atoms with van der Waals surface area (Å²) in [5.74, 6) is -0.740. The lowest BCUT2D eigenvalue weighted by Gasteiger charge is -2.35. The molecule has 1 fully saturated rings. The van der Waals surface area contributed by atoms with Crippen LogP contribution >= 0.6 is 0 Å². The largest absolute Gasteiger partial charge is 0.389 e. The van der Waals surface area contributed by atoms with Gasteiger partial charge in [-0.25, -0.2) is 4.39 Å². The van der Waals surface area contributed by atoms with Crippen molar-refractivity contribution in [3.05, 3.63) is 35.1 Å². The number of hydrogen-bond donors (Lipinski definition) is 1. The summed E-state index contributed by atoms with van der Waals surface area (Å²) in [6.45, 7) is 7.58. The first-order valence-electron chi connectivity index (χ1n) is 8.05. The van der Waals surface area contributed by atoms with E-state index in [0.29, 0.717) is 45.9 Å². The number of aryl methyl sites for hydroxylation is 1. The minimum Gasteiger partial charge on any atom is -0.389 e. The van der Waals surface area contributed by atoms with Gasteiger partial charge in [0, 0.05) is 39.3 Å². The quantitative estimate of drug-likeness (QED) is 0.857. The molecule has 1 atom stereocenters. The van der Waals surface area contributed by atoms with Crippen LogP contribution in [0.5, 0.6) is 0 Å².